The highest BCUT2D eigenvalue weighted by Gasteiger charge is 2.25. The molecule has 0 aromatic rings. The van der Waals surface area contributed by atoms with Gasteiger partial charge < -0.3 is 16.4 Å². The molecule has 0 heterocycles. The van der Waals surface area contributed by atoms with Crippen LogP contribution in [0.2, 0.25) is 0 Å². The first-order chi connectivity index (χ1) is 7.63. The fourth-order valence-corrected chi connectivity index (χ4v) is 2.07. The second-order valence-electron chi connectivity index (χ2n) is 4.29. The quantitative estimate of drug-likeness (QED) is 0.606. The first-order valence-corrected chi connectivity index (χ1v) is 5.92. The van der Waals surface area contributed by atoms with E-state index in [1.165, 1.54) is 0 Å². The van der Waals surface area contributed by atoms with Crippen molar-refractivity contribution in [2.45, 2.75) is 38.6 Å². The standard InChI is InChI=1S/C11H21N3O2/c1-2-13-11(16)7-14-10(15)6-8-4-3-5-9(8)12/h8-9H,2-7,12H2,1H3,(H,13,16)(H,14,15)/t8-,9+/m0/s1. The predicted octanol–water partition coefficient (Wildman–Crippen LogP) is -0.244. The molecule has 1 saturated carbocycles. The number of carbonyl (C=O) groups is 2. The van der Waals surface area contributed by atoms with Gasteiger partial charge in [-0.3, -0.25) is 9.59 Å². The molecule has 4 N–H and O–H groups in total. The molecule has 1 rings (SSSR count). The van der Waals surface area contributed by atoms with E-state index in [-0.39, 0.29) is 30.3 Å². The van der Waals surface area contributed by atoms with Gasteiger partial charge in [0.1, 0.15) is 0 Å². The van der Waals surface area contributed by atoms with Crippen molar-refractivity contribution < 1.29 is 9.59 Å². The van der Waals surface area contributed by atoms with Crippen LogP contribution in [0.4, 0.5) is 0 Å². The largest absolute Gasteiger partial charge is 0.355 e. The van der Waals surface area contributed by atoms with Crippen LogP contribution in [0.5, 0.6) is 0 Å². The van der Waals surface area contributed by atoms with Crippen LogP contribution in [0.25, 0.3) is 0 Å². The van der Waals surface area contributed by atoms with Gasteiger partial charge in [-0.2, -0.15) is 0 Å². The maximum absolute atomic E-state index is 11.5. The Labute approximate surface area is 96.1 Å². The summed E-state index contributed by atoms with van der Waals surface area (Å²) in [7, 11) is 0. The average Bonchev–Trinajstić information content (AvgIpc) is 2.62. The number of nitrogens with two attached hydrogens (primary N) is 1. The highest BCUT2D eigenvalue weighted by Crippen LogP contribution is 2.26. The molecule has 16 heavy (non-hydrogen) atoms. The molecule has 2 atom stereocenters. The number of amides is 2. The summed E-state index contributed by atoms with van der Waals surface area (Å²) in [5.41, 5.74) is 5.87. The third-order valence-corrected chi connectivity index (χ3v) is 2.99. The molecule has 0 radical (unpaired) electrons. The molecule has 0 bridgehead atoms. The zero-order chi connectivity index (χ0) is 12.0. The summed E-state index contributed by atoms with van der Waals surface area (Å²) in [6.07, 6.45) is 3.58. The molecule has 1 aliphatic rings. The minimum Gasteiger partial charge on any atom is -0.355 e. The van der Waals surface area contributed by atoms with Crippen molar-refractivity contribution in [1.29, 1.82) is 0 Å². The number of carbonyl (C=O) groups excluding carboxylic acids is 2. The van der Waals surface area contributed by atoms with Crippen molar-refractivity contribution in [1.82, 2.24) is 10.6 Å². The van der Waals surface area contributed by atoms with Crippen molar-refractivity contribution in [3.05, 3.63) is 0 Å². The molecule has 0 aromatic carbocycles. The fourth-order valence-electron chi connectivity index (χ4n) is 2.07. The summed E-state index contributed by atoms with van der Waals surface area (Å²) < 4.78 is 0. The molecular weight excluding hydrogens is 206 g/mol. The van der Waals surface area contributed by atoms with E-state index in [0.717, 1.165) is 19.3 Å². The monoisotopic (exact) mass is 227 g/mol. The molecule has 0 unspecified atom stereocenters. The molecule has 5 nitrogen and oxygen atoms in total. The average molecular weight is 227 g/mol. The van der Waals surface area contributed by atoms with E-state index >= 15 is 0 Å². The Kier molecular flexibility index (Phi) is 5.25. The summed E-state index contributed by atoms with van der Waals surface area (Å²) in [5.74, 6) is 0.0643. The second-order valence-corrected chi connectivity index (χ2v) is 4.29. The van der Waals surface area contributed by atoms with Crippen LogP contribution in [0.3, 0.4) is 0 Å². The number of rotatable bonds is 5. The molecule has 5 heteroatoms. The minimum absolute atomic E-state index is 0.0641. The molecule has 0 aliphatic heterocycles. The molecule has 1 fully saturated rings. The van der Waals surface area contributed by atoms with E-state index in [1.54, 1.807) is 0 Å². The van der Waals surface area contributed by atoms with Crippen molar-refractivity contribution in [2.75, 3.05) is 13.1 Å². The van der Waals surface area contributed by atoms with Crippen molar-refractivity contribution >= 4 is 11.8 Å². The van der Waals surface area contributed by atoms with E-state index in [2.05, 4.69) is 10.6 Å². The number of nitrogens with one attached hydrogen (secondary N) is 2. The first kappa shape index (κ1) is 13.0. The Morgan fingerprint density at radius 2 is 2.00 bits per heavy atom. The summed E-state index contributed by atoms with van der Waals surface area (Å²) in [6.45, 7) is 2.49. The highest BCUT2D eigenvalue weighted by atomic mass is 16.2. The lowest BCUT2D eigenvalue weighted by Gasteiger charge is -2.14. The van der Waals surface area contributed by atoms with Gasteiger partial charge in [0.15, 0.2) is 0 Å². The highest BCUT2D eigenvalue weighted by molar-refractivity contribution is 5.84. The zero-order valence-corrected chi connectivity index (χ0v) is 9.79. The lowest BCUT2D eigenvalue weighted by atomic mass is 10.00. The smallest absolute Gasteiger partial charge is 0.239 e. The Bertz CT molecular complexity index is 256. The molecule has 92 valence electrons. The summed E-state index contributed by atoms with van der Waals surface area (Å²) >= 11 is 0. The SMILES string of the molecule is CCNC(=O)CNC(=O)C[C@@H]1CCC[C@H]1N. The maximum atomic E-state index is 11.5. The zero-order valence-electron chi connectivity index (χ0n) is 9.79. The van der Waals surface area contributed by atoms with E-state index in [1.807, 2.05) is 6.92 Å². The van der Waals surface area contributed by atoms with Gasteiger partial charge >= 0.3 is 0 Å². The Hall–Kier alpha value is -1.10. The van der Waals surface area contributed by atoms with Crippen molar-refractivity contribution in [3.63, 3.8) is 0 Å². The van der Waals surface area contributed by atoms with Crippen LogP contribution in [0, 0.1) is 5.92 Å². The van der Waals surface area contributed by atoms with E-state index in [0.29, 0.717) is 13.0 Å². The number of hydrogen-bond donors (Lipinski definition) is 3. The summed E-state index contributed by atoms with van der Waals surface area (Å²) in [4.78, 5) is 22.6. The van der Waals surface area contributed by atoms with Gasteiger partial charge in [-0.05, 0) is 25.7 Å². The lowest BCUT2D eigenvalue weighted by molar-refractivity contribution is -0.126. The van der Waals surface area contributed by atoms with Gasteiger partial charge in [0.2, 0.25) is 11.8 Å². The van der Waals surface area contributed by atoms with Gasteiger partial charge in [0, 0.05) is 19.0 Å². The molecule has 2 amide bonds. The van der Waals surface area contributed by atoms with Gasteiger partial charge in [-0.15, -0.1) is 0 Å². The maximum Gasteiger partial charge on any atom is 0.239 e. The van der Waals surface area contributed by atoms with Crippen LogP contribution < -0.4 is 16.4 Å². The van der Waals surface area contributed by atoms with E-state index in [4.69, 9.17) is 5.73 Å². The van der Waals surface area contributed by atoms with Crippen LogP contribution in [-0.4, -0.2) is 30.9 Å². The Morgan fingerprint density at radius 1 is 1.25 bits per heavy atom. The van der Waals surface area contributed by atoms with Crippen LogP contribution in [0.1, 0.15) is 32.6 Å². The summed E-state index contributed by atoms with van der Waals surface area (Å²) in [5, 5.41) is 5.23. The lowest BCUT2D eigenvalue weighted by Crippen LogP contribution is -2.38. The normalized spacial score (nSPS) is 24.1. The van der Waals surface area contributed by atoms with Gasteiger partial charge in [0.05, 0.1) is 6.54 Å². The van der Waals surface area contributed by atoms with Crippen LogP contribution in [-0.2, 0) is 9.59 Å². The summed E-state index contributed by atoms with van der Waals surface area (Å²) in [6, 6.07) is 0.148. The van der Waals surface area contributed by atoms with Gasteiger partial charge in [0.25, 0.3) is 0 Å². The second kappa shape index (κ2) is 6.48. The Morgan fingerprint density at radius 3 is 2.56 bits per heavy atom. The Balaban J connectivity index is 2.18. The molecule has 1 aliphatic carbocycles. The van der Waals surface area contributed by atoms with Crippen molar-refractivity contribution in [3.8, 4) is 0 Å². The molecular formula is C11H21N3O2. The van der Waals surface area contributed by atoms with Gasteiger partial charge in [-0.1, -0.05) is 6.42 Å². The molecule has 0 aromatic heterocycles. The van der Waals surface area contributed by atoms with Crippen LogP contribution in [0.15, 0.2) is 0 Å². The first-order valence-electron chi connectivity index (χ1n) is 5.92. The number of likely N-dealkylation sites (N-methyl/N-ethyl adjacent to an activating group) is 1. The topological polar surface area (TPSA) is 84.2 Å². The third kappa shape index (κ3) is 4.18. The fraction of sp³-hybridized carbons (Fsp3) is 0.818. The van der Waals surface area contributed by atoms with E-state index < -0.39 is 0 Å². The third-order valence-electron chi connectivity index (χ3n) is 2.99. The number of hydrogen-bond acceptors (Lipinski definition) is 3. The molecule has 0 saturated heterocycles. The minimum atomic E-state index is -0.147. The predicted molar refractivity (Wildman–Crippen MR) is 61.6 cm³/mol. The van der Waals surface area contributed by atoms with Crippen molar-refractivity contribution in [2.24, 2.45) is 11.7 Å². The van der Waals surface area contributed by atoms with Crippen LogP contribution >= 0.6 is 0 Å². The van der Waals surface area contributed by atoms with Gasteiger partial charge in [-0.25, -0.2) is 0 Å². The van der Waals surface area contributed by atoms with E-state index in [9.17, 15) is 9.59 Å². The molecule has 0 spiro atoms.